The fourth-order valence-corrected chi connectivity index (χ4v) is 2.26. The molecule has 0 spiro atoms. The Morgan fingerprint density at radius 2 is 1.95 bits per heavy atom. The lowest BCUT2D eigenvalue weighted by molar-refractivity contribution is -0.160. The molecule has 1 saturated heterocycles. The van der Waals surface area contributed by atoms with Crippen molar-refractivity contribution in [2.75, 3.05) is 13.7 Å². The highest BCUT2D eigenvalue weighted by Gasteiger charge is 2.59. The van der Waals surface area contributed by atoms with Gasteiger partial charge in [0.2, 0.25) is 11.4 Å². The minimum atomic E-state index is -1.85. The number of aromatic hydroxyl groups is 1. The second-order valence-electron chi connectivity index (χ2n) is 4.81. The number of carbonyl (C=O) groups is 2. The summed E-state index contributed by atoms with van der Waals surface area (Å²) in [5.41, 5.74) is -1.27. The third-order valence-corrected chi connectivity index (χ3v) is 3.49. The van der Waals surface area contributed by atoms with Crippen molar-refractivity contribution in [2.24, 2.45) is 0 Å². The van der Waals surface area contributed by atoms with Crippen molar-refractivity contribution >= 4 is 11.8 Å². The van der Waals surface area contributed by atoms with Crippen LogP contribution in [0.4, 0.5) is 0 Å². The summed E-state index contributed by atoms with van der Waals surface area (Å²) >= 11 is 0. The number of hydrogen-bond donors (Lipinski definition) is 3. The lowest BCUT2D eigenvalue weighted by Crippen LogP contribution is -2.48. The predicted octanol–water partition coefficient (Wildman–Crippen LogP) is -0.832. The van der Waals surface area contributed by atoms with Gasteiger partial charge in [0.05, 0.1) is 6.61 Å². The number of ketones is 1. The summed E-state index contributed by atoms with van der Waals surface area (Å²) < 4.78 is 9.96. The zero-order chi connectivity index (χ0) is 15.6. The van der Waals surface area contributed by atoms with Gasteiger partial charge in [-0.15, -0.1) is 0 Å². The van der Waals surface area contributed by atoms with Gasteiger partial charge in [0, 0.05) is 13.5 Å². The second kappa shape index (κ2) is 5.80. The van der Waals surface area contributed by atoms with Crippen LogP contribution in [0.1, 0.15) is 5.56 Å². The van der Waals surface area contributed by atoms with Crippen molar-refractivity contribution in [3.63, 3.8) is 0 Å². The molecule has 0 radical (unpaired) electrons. The molecule has 114 valence electrons. The van der Waals surface area contributed by atoms with Crippen LogP contribution in [0.2, 0.25) is 0 Å². The number of ether oxygens (including phenoxy) is 2. The van der Waals surface area contributed by atoms with Crippen LogP contribution in [-0.4, -0.2) is 58.6 Å². The Kier molecular flexibility index (Phi) is 4.26. The maximum Gasteiger partial charge on any atom is 0.347 e. The lowest BCUT2D eigenvalue weighted by atomic mass is 9.88. The first-order chi connectivity index (χ1) is 9.94. The summed E-state index contributed by atoms with van der Waals surface area (Å²) in [5.74, 6) is -1.58. The van der Waals surface area contributed by atoms with Gasteiger partial charge >= 0.3 is 5.97 Å². The number of cyclic esters (lactones) is 1. The predicted molar refractivity (Wildman–Crippen MR) is 69.5 cm³/mol. The number of aliphatic hydroxyl groups excluding tert-OH is 2. The maximum atomic E-state index is 12.3. The van der Waals surface area contributed by atoms with Gasteiger partial charge in [-0.1, -0.05) is 12.1 Å². The van der Waals surface area contributed by atoms with E-state index in [9.17, 15) is 19.8 Å². The molecule has 3 atom stereocenters. The molecule has 0 bridgehead atoms. The molecule has 1 aliphatic heterocycles. The number of methoxy groups -OCH3 is 1. The zero-order valence-corrected chi connectivity index (χ0v) is 11.4. The van der Waals surface area contributed by atoms with E-state index in [0.717, 1.165) is 0 Å². The molecule has 1 aromatic carbocycles. The molecule has 21 heavy (non-hydrogen) atoms. The molecule has 0 unspecified atom stereocenters. The highest BCUT2D eigenvalue weighted by atomic mass is 16.6. The van der Waals surface area contributed by atoms with Crippen molar-refractivity contribution in [3.05, 3.63) is 29.8 Å². The number of esters is 1. The van der Waals surface area contributed by atoms with Gasteiger partial charge < -0.3 is 24.8 Å². The normalized spacial score (nSPS) is 26.7. The fourth-order valence-electron chi connectivity index (χ4n) is 2.26. The number of Topliss-reactive ketones (excluding diaryl/α,β-unsaturated/α-hetero) is 1. The van der Waals surface area contributed by atoms with Crippen molar-refractivity contribution in [1.82, 2.24) is 0 Å². The molecule has 0 saturated carbocycles. The minimum Gasteiger partial charge on any atom is -0.508 e. The molecule has 1 fully saturated rings. The van der Waals surface area contributed by atoms with E-state index in [4.69, 9.17) is 14.6 Å². The van der Waals surface area contributed by atoms with Gasteiger partial charge in [-0.3, -0.25) is 4.79 Å². The van der Waals surface area contributed by atoms with Crippen molar-refractivity contribution in [1.29, 1.82) is 0 Å². The average molecular weight is 296 g/mol. The van der Waals surface area contributed by atoms with Crippen LogP contribution < -0.4 is 0 Å². The Hall–Kier alpha value is -1.96. The van der Waals surface area contributed by atoms with Crippen molar-refractivity contribution in [3.8, 4) is 5.75 Å². The smallest absolute Gasteiger partial charge is 0.347 e. The van der Waals surface area contributed by atoms with Crippen LogP contribution in [0.5, 0.6) is 5.75 Å². The summed E-state index contributed by atoms with van der Waals surface area (Å²) in [6.07, 6.45) is -3.02. The van der Waals surface area contributed by atoms with E-state index in [2.05, 4.69) is 0 Å². The van der Waals surface area contributed by atoms with Gasteiger partial charge in [-0.2, -0.15) is 0 Å². The lowest BCUT2D eigenvalue weighted by Gasteiger charge is -2.22. The molecular weight excluding hydrogens is 280 g/mol. The number of aliphatic hydroxyl groups is 2. The molecule has 0 aromatic heterocycles. The first-order valence-electron chi connectivity index (χ1n) is 6.32. The SMILES string of the molecule is CO[C@@]1(Cc2ccc(O)cc2)C(=O)O[C@H]([C@H](O)CO)C1=O. The van der Waals surface area contributed by atoms with Crippen LogP contribution >= 0.6 is 0 Å². The maximum absolute atomic E-state index is 12.3. The molecule has 0 amide bonds. The molecule has 0 aliphatic carbocycles. The molecule has 3 N–H and O–H groups in total. The summed E-state index contributed by atoms with van der Waals surface area (Å²) in [6, 6.07) is 5.94. The first-order valence-corrected chi connectivity index (χ1v) is 6.32. The van der Waals surface area contributed by atoms with E-state index >= 15 is 0 Å². The molecule has 2 rings (SSSR count). The van der Waals surface area contributed by atoms with Gasteiger partial charge in [0.25, 0.3) is 0 Å². The number of benzene rings is 1. The summed E-state index contributed by atoms with van der Waals surface area (Å²) in [5, 5.41) is 27.7. The molecule has 1 heterocycles. The van der Waals surface area contributed by atoms with Crippen molar-refractivity contribution < 1.29 is 34.4 Å². The third-order valence-electron chi connectivity index (χ3n) is 3.49. The van der Waals surface area contributed by atoms with Crippen LogP contribution in [-0.2, 0) is 25.5 Å². The number of phenols is 1. The van der Waals surface area contributed by atoms with Crippen LogP contribution in [0.15, 0.2) is 24.3 Å². The van der Waals surface area contributed by atoms with E-state index in [1.54, 1.807) is 12.1 Å². The largest absolute Gasteiger partial charge is 0.508 e. The third kappa shape index (κ3) is 2.63. The molecule has 1 aliphatic rings. The Labute approximate surface area is 120 Å². The Balaban J connectivity index is 2.30. The Morgan fingerprint density at radius 3 is 2.48 bits per heavy atom. The van der Waals surface area contributed by atoms with E-state index in [1.165, 1.54) is 19.2 Å². The van der Waals surface area contributed by atoms with Crippen LogP contribution in [0.25, 0.3) is 0 Å². The zero-order valence-electron chi connectivity index (χ0n) is 11.4. The fraction of sp³-hybridized carbons (Fsp3) is 0.429. The Bertz CT molecular complexity index is 539. The molecule has 7 heteroatoms. The van der Waals surface area contributed by atoms with Gasteiger partial charge in [-0.05, 0) is 17.7 Å². The van der Waals surface area contributed by atoms with Crippen LogP contribution in [0.3, 0.4) is 0 Å². The van der Waals surface area contributed by atoms with Gasteiger partial charge in [0.1, 0.15) is 11.9 Å². The van der Waals surface area contributed by atoms with Crippen molar-refractivity contribution in [2.45, 2.75) is 24.2 Å². The monoisotopic (exact) mass is 296 g/mol. The summed E-state index contributed by atoms with van der Waals surface area (Å²) in [7, 11) is 1.20. The minimum absolute atomic E-state index is 0.0547. The number of rotatable bonds is 5. The summed E-state index contributed by atoms with van der Waals surface area (Å²) in [4.78, 5) is 24.4. The van der Waals surface area contributed by atoms with Gasteiger partial charge in [-0.25, -0.2) is 4.79 Å². The summed E-state index contributed by atoms with van der Waals surface area (Å²) in [6.45, 7) is -0.706. The number of phenolic OH excluding ortho intramolecular Hbond substituents is 1. The van der Waals surface area contributed by atoms with E-state index in [0.29, 0.717) is 5.56 Å². The van der Waals surface area contributed by atoms with Crippen LogP contribution in [0, 0.1) is 0 Å². The first kappa shape index (κ1) is 15.4. The highest BCUT2D eigenvalue weighted by molar-refractivity contribution is 6.14. The molecule has 7 nitrogen and oxygen atoms in total. The van der Waals surface area contributed by atoms with E-state index in [-0.39, 0.29) is 12.2 Å². The highest BCUT2D eigenvalue weighted by Crippen LogP contribution is 2.31. The Morgan fingerprint density at radius 1 is 1.33 bits per heavy atom. The topological polar surface area (TPSA) is 113 Å². The number of carbonyl (C=O) groups excluding carboxylic acids is 2. The molecular formula is C14H16O7. The number of hydrogen-bond acceptors (Lipinski definition) is 7. The second-order valence-corrected chi connectivity index (χ2v) is 4.81. The quantitative estimate of drug-likeness (QED) is 0.480. The molecule has 1 aromatic rings. The van der Waals surface area contributed by atoms with E-state index < -0.39 is 36.2 Å². The van der Waals surface area contributed by atoms with E-state index in [1.807, 2.05) is 0 Å². The standard InChI is InChI=1S/C14H16O7/c1-20-14(6-8-2-4-9(16)5-3-8)12(18)11(10(17)7-15)21-13(14)19/h2-5,10-11,15-17H,6-7H2,1H3/t10-,11-,14-/m1/s1. The average Bonchev–Trinajstić information content (AvgIpc) is 2.73. The van der Waals surface area contributed by atoms with Gasteiger partial charge in [0.15, 0.2) is 6.10 Å².